The highest BCUT2D eigenvalue weighted by molar-refractivity contribution is 8.00. The van der Waals surface area contributed by atoms with Gasteiger partial charge < -0.3 is 10.6 Å². The average molecular weight is 186 g/mol. The summed E-state index contributed by atoms with van der Waals surface area (Å²) in [6, 6.07) is 0.496. The molecule has 2 fully saturated rings. The van der Waals surface area contributed by atoms with E-state index in [2.05, 4.69) is 10.6 Å². The maximum absolute atomic E-state index is 11.1. The molecule has 1 saturated heterocycles. The maximum Gasteiger partial charge on any atom is 0.315 e. The number of carbonyl (C=O) groups excluding carboxylic acids is 1. The number of thioether (sulfide) groups is 1. The van der Waals surface area contributed by atoms with E-state index in [1.807, 2.05) is 11.8 Å². The monoisotopic (exact) mass is 186 g/mol. The molecule has 68 valence electrons. The number of hydrogen-bond donors (Lipinski definition) is 2. The summed E-state index contributed by atoms with van der Waals surface area (Å²) in [5.74, 6) is 3.15. The van der Waals surface area contributed by atoms with Crippen molar-refractivity contribution in [2.75, 3.05) is 18.1 Å². The first-order valence-corrected chi connectivity index (χ1v) is 5.62. The van der Waals surface area contributed by atoms with Gasteiger partial charge in [0.1, 0.15) is 0 Å². The molecular weight excluding hydrogens is 172 g/mol. The van der Waals surface area contributed by atoms with E-state index in [1.165, 1.54) is 11.5 Å². The van der Waals surface area contributed by atoms with Crippen molar-refractivity contribution < 1.29 is 4.79 Å². The van der Waals surface area contributed by atoms with E-state index < -0.39 is 0 Å². The van der Waals surface area contributed by atoms with E-state index in [0.717, 1.165) is 25.3 Å². The fourth-order valence-corrected chi connectivity index (χ4v) is 1.91. The Morgan fingerprint density at radius 1 is 1.42 bits per heavy atom. The van der Waals surface area contributed by atoms with Gasteiger partial charge in [-0.15, -0.1) is 0 Å². The smallest absolute Gasteiger partial charge is 0.315 e. The predicted molar refractivity (Wildman–Crippen MR) is 50.4 cm³/mol. The molecule has 0 unspecified atom stereocenters. The summed E-state index contributed by atoms with van der Waals surface area (Å²) in [5, 5.41) is 5.79. The minimum absolute atomic E-state index is 0.0226. The second kappa shape index (κ2) is 3.56. The Kier molecular flexibility index (Phi) is 2.44. The van der Waals surface area contributed by atoms with Crippen molar-refractivity contribution in [3.8, 4) is 0 Å². The van der Waals surface area contributed by atoms with Gasteiger partial charge in [-0.3, -0.25) is 0 Å². The second-order valence-electron chi connectivity index (χ2n) is 3.53. The molecule has 0 radical (unpaired) electrons. The number of nitrogens with one attached hydrogen (secondary N) is 2. The van der Waals surface area contributed by atoms with Crippen LogP contribution in [0, 0.1) is 5.92 Å². The second-order valence-corrected chi connectivity index (χ2v) is 4.61. The van der Waals surface area contributed by atoms with E-state index in [9.17, 15) is 4.79 Å². The minimum atomic E-state index is 0.0226. The van der Waals surface area contributed by atoms with E-state index in [-0.39, 0.29) is 6.03 Å². The van der Waals surface area contributed by atoms with Gasteiger partial charge in [-0.1, -0.05) is 0 Å². The largest absolute Gasteiger partial charge is 0.338 e. The third-order valence-electron chi connectivity index (χ3n) is 2.17. The lowest BCUT2D eigenvalue weighted by Crippen LogP contribution is -2.41. The van der Waals surface area contributed by atoms with Gasteiger partial charge in [0.2, 0.25) is 0 Å². The first-order chi connectivity index (χ1) is 5.84. The first-order valence-electron chi connectivity index (χ1n) is 4.46. The van der Waals surface area contributed by atoms with Crippen molar-refractivity contribution in [3.05, 3.63) is 0 Å². The molecule has 0 aromatic heterocycles. The Morgan fingerprint density at radius 3 is 2.67 bits per heavy atom. The van der Waals surface area contributed by atoms with E-state index >= 15 is 0 Å². The molecule has 2 N–H and O–H groups in total. The predicted octanol–water partition coefficient (Wildman–Crippen LogP) is 0.811. The van der Waals surface area contributed by atoms with Crippen LogP contribution in [0.4, 0.5) is 4.79 Å². The van der Waals surface area contributed by atoms with Gasteiger partial charge in [0, 0.05) is 12.6 Å². The lowest BCUT2D eigenvalue weighted by molar-refractivity contribution is 0.239. The highest BCUT2D eigenvalue weighted by Gasteiger charge is 2.24. The Bertz CT molecular complexity index is 178. The molecule has 12 heavy (non-hydrogen) atoms. The third kappa shape index (κ3) is 2.30. The van der Waals surface area contributed by atoms with Crippen molar-refractivity contribution in [2.24, 2.45) is 5.92 Å². The summed E-state index contributed by atoms with van der Waals surface area (Å²) in [6.45, 7) is 0.853. The zero-order valence-electron chi connectivity index (χ0n) is 7.01. The van der Waals surface area contributed by atoms with E-state index in [0.29, 0.717) is 6.04 Å². The summed E-state index contributed by atoms with van der Waals surface area (Å²) in [6.07, 6.45) is 2.32. The van der Waals surface area contributed by atoms with Crippen molar-refractivity contribution in [2.45, 2.75) is 18.9 Å². The van der Waals surface area contributed by atoms with Crippen LogP contribution < -0.4 is 10.6 Å². The summed E-state index contributed by atoms with van der Waals surface area (Å²) >= 11 is 1.95. The zero-order valence-corrected chi connectivity index (χ0v) is 7.82. The molecule has 0 spiro atoms. The van der Waals surface area contributed by atoms with Crippen LogP contribution >= 0.6 is 11.8 Å². The summed E-state index contributed by atoms with van der Waals surface area (Å²) < 4.78 is 0. The van der Waals surface area contributed by atoms with Crippen LogP contribution in [0.25, 0.3) is 0 Å². The Labute approximate surface area is 76.7 Å². The van der Waals surface area contributed by atoms with Gasteiger partial charge in [0.05, 0.1) is 0 Å². The number of hydrogen-bond acceptors (Lipinski definition) is 2. The molecule has 0 aromatic rings. The molecule has 3 nitrogen and oxygen atoms in total. The molecule has 0 aromatic carbocycles. The van der Waals surface area contributed by atoms with Gasteiger partial charge in [0.25, 0.3) is 0 Å². The normalized spacial score (nSPS) is 23.0. The van der Waals surface area contributed by atoms with Crippen LogP contribution in [0.3, 0.4) is 0 Å². The Balaban J connectivity index is 1.55. The van der Waals surface area contributed by atoms with Crippen molar-refractivity contribution >= 4 is 17.8 Å². The van der Waals surface area contributed by atoms with Crippen molar-refractivity contribution in [1.82, 2.24) is 10.6 Å². The SMILES string of the molecule is O=C(NCC1CSC1)NC1CC1. The average Bonchev–Trinajstić information content (AvgIpc) is 2.68. The lowest BCUT2D eigenvalue weighted by atomic mass is 10.2. The third-order valence-corrected chi connectivity index (χ3v) is 3.59. The van der Waals surface area contributed by atoms with Gasteiger partial charge in [-0.25, -0.2) is 4.79 Å². The van der Waals surface area contributed by atoms with Crippen LogP contribution in [0.2, 0.25) is 0 Å². The van der Waals surface area contributed by atoms with Gasteiger partial charge in [-0.2, -0.15) is 11.8 Å². The van der Waals surface area contributed by atoms with Crippen molar-refractivity contribution in [1.29, 1.82) is 0 Å². The van der Waals surface area contributed by atoms with Crippen molar-refractivity contribution in [3.63, 3.8) is 0 Å². The maximum atomic E-state index is 11.1. The minimum Gasteiger partial charge on any atom is -0.338 e. The molecule has 4 heteroatoms. The fraction of sp³-hybridized carbons (Fsp3) is 0.875. The van der Waals surface area contributed by atoms with Crippen LogP contribution in [0.5, 0.6) is 0 Å². The fourth-order valence-electron chi connectivity index (χ4n) is 1.10. The van der Waals surface area contributed by atoms with Crippen LogP contribution in [-0.2, 0) is 0 Å². The molecule has 0 bridgehead atoms. The summed E-state index contributed by atoms with van der Waals surface area (Å²) in [4.78, 5) is 11.1. The molecule has 2 aliphatic rings. The molecule has 2 rings (SSSR count). The number of carbonyl (C=O) groups is 1. The van der Waals surface area contributed by atoms with E-state index in [4.69, 9.17) is 0 Å². The lowest BCUT2D eigenvalue weighted by Gasteiger charge is -2.24. The van der Waals surface area contributed by atoms with Gasteiger partial charge in [0.15, 0.2) is 0 Å². The zero-order chi connectivity index (χ0) is 8.39. The molecule has 0 atom stereocenters. The highest BCUT2D eigenvalue weighted by Crippen LogP contribution is 2.23. The summed E-state index contributed by atoms with van der Waals surface area (Å²) in [5.41, 5.74) is 0. The number of urea groups is 1. The Hall–Kier alpha value is -0.380. The quantitative estimate of drug-likeness (QED) is 0.685. The summed E-state index contributed by atoms with van der Waals surface area (Å²) in [7, 11) is 0. The molecule has 1 heterocycles. The molecule has 1 aliphatic heterocycles. The Morgan fingerprint density at radius 2 is 2.17 bits per heavy atom. The van der Waals surface area contributed by atoms with Gasteiger partial charge >= 0.3 is 6.03 Å². The molecular formula is C8H14N2OS. The van der Waals surface area contributed by atoms with Crippen LogP contribution in [0.1, 0.15) is 12.8 Å². The van der Waals surface area contributed by atoms with Gasteiger partial charge in [-0.05, 0) is 30.3 Å². The van der Waals surface area contributed by atoms with Crippen LogP contribution in [0.15, 0.2) is 0 Å². The highest BCUT2D eigenvalue weighted by atomic mass is 32.2. The first kappa shape index (κ1) is 8.23. The molecule has 2 amide bonds. The topological polar surface area (TPSA) is 41.1 Å². The van der Waals surface area contributed by atoms with Crippen LogP contribution in [-0.4, -0.2) is 30.1 Å². The standard InChI is InChI=1S/C8H14N2OS/c11-8(10-7-1-2-7)9-3-6-4-12-5-6/h6-7H,1-5H2,(H2,9,10,11). The number of amides is 2. The number of rotatable bonds is 3. The molecule has 1 aliphatic carbocycles. The molecule has 1 saturated carbocycles. The van der Waals surface area contributed by atoms with E-state index in [1.54, 1.807) is 0 Å².